The topological polar surface area (TPSA) is 69.3 Å². The first-order chi connectivity index (χ1) is 12.0. The van der Waals surface area contributed by atoms with E-state index in [1.165, 1.54) is 17.0 Å². The standard InChI is InChI=1S/C19H16N4O2/c1-12-6-7-16-15(8-12)19(25)22(11-20-16)10-14-9-18(24)23-13(2)4-3-5-17(23)21-14/h3-9,11H,10H2,1-2H3. The summed E-state index contributed by atoms with van der Waals surface area (Å²) in [7, 11) is 0. The van der Waals surface area contributed by atoms with Crippen molar-refractivity contribution in [2.75, 3.05) is 0 Å². The van der Waals surface area contributed by atoms with Gasteiger partial charge in [-0.25, -0.2) is 9.97 Å². The molecule has 0 atom stereocenters. The minimum Gasteiger partial charge on any atom is -0.293 e. The lowest BCUT2D eigenvalue weighted by atomic mass is 10.2. The van der Waals surface area contributed by atoms with Crippen LogP contribution in [0.25, 0.3) is 16.6 Å². The third kappa shape index (κ3) is 2.61. The number of pyridine rings is 1. The largest absolute Gasteiger partial charge is 0.293 e. The van der Waals surface area contributed by atoms with Crippen LogP contribution in [0.15, 0.2) is 58.4 Å². The van der Waals surface area contributed by atoms with E-state index in [0.29, 0.717) is 22.2 Å². The summed E-state index contributed by atoms with van der Waals surface area (Å²) in [6.07, 6.45) is 1.50. The van der Waals surface area contributed by atoms with Crippen molar-refractivity contribution in [3.63, 3.8) is 0 Å². The van der Waals surface area contributed by atoms with Crippen LogP contribution in [0.4, 0.5) is 0 Å². The van der Waals surface area contributed by atoms with E-state index in [9.17, 15) is 9.59 Å². The second kappa shape index (κ2) is 5.66. The lowest BCUT2D eigenvalue weighted by Gasteiger charge is -2.09. The first-order valence-corrected chi connectivity index (χ1v) is 7.97. The highest BCUT2D eigenvalue weighted by Gasteiger charge is 2.08. The molecule has 3 aromatic heterocycles. The fraction of sp³-hybridized carbons (Fsp3) is 0.158. The van der Waals surface area contributed by atoms with Crippen molar-refractivity contribution in [1.29, 1.82) is 0 Å². The highest BCUT2D eigenvalue weighted by Crippen LogP contribution is 2.09. The van der Waals surface area contributed by atoms with E-state index >= 15 is 0 Å². The van der Waals surface area contributed by atoms with E-state index in [1.54, 1.807) is 10.5 Å². The molecule has 124 valence electrons. The molecular weight excluding hydrogens is 316 g/mol. The highest BCUT2D eigenvalue weighted by molar-refractivity contribution is 5.77. The van der Waals surface area contributed by atoms with Crippen molar-refractivity contribution in [2.45, 2.75) is 20.4 Å². The molecule has 4 aromatic rings. The average molecular weight is 332 g/mol. The van der Waals surface area contributed by atoms with Crippen LogP contribution >= 0.6 is 0 Å². The molecule has 0 unspecified atom stereocenters. The number of hydrogen-bond donors (Lipinski definition) is 0. The molecular formula is C19H16N4O2. The molecule has 6 nitrogen and oxygen atoms in total. The Kier molecular flexibility index (Phi) is 3.46. The van der Waals surface area contributed by atoms with Crippen molar-refractivity contribution in [2.24, 2.45) is 0 Å². The maximum atomic E-state index is 12.7. The van der Waals surface area contributed by atoms with Gasteiger partial charge in [0.2, 0.25) is 0 Å². The van der Waals surface area contributed by atoms with Gasteiger partial charge in [0, 0.05) is 11.8 Å². The van der Waals surface area contributed by atoms with E-state index in [0.717, 1.165) is 11.3 Å². The van der Waals surface area contributed by atoms with Gasteiger partial charge in [0.15, 0.2) is 0 Å². The van der Waals surface area contributed by atoms with Gasteiger partial charge in [-0.2, -0.15) is 0 Å². The van der Waals surface area contributed by atoms with Crippen LogP contribution in [0.2, 0.25) is 0 Å². The molecule has 0 fully saturated rings. The van der Waals surface area contributed by atoms with Crippen molar-refractivity contribution in [3.8, 4) is 0 Å². The molecule has 0 bridgehead atoms. The fourth-order valence-corrected chi connectivity index (χ4v) is 3.00. The Morgan fingerprint density at radius 2 is 1.88 bits per heavy atom. The van der Waals surface area contributed by atoms with Crippen molar-refractivity contribution in [1.82, 2.24) is 18.9 Å². The molecule has 0 aliphatic rings. The SMILES string of the molecule is Cc1ccc2ncn(Cc3cc(=O)n4c(C)cccc4n3)c(=O)c2c1. The average Bonchev–Trinajstić information content (AvgIpc) is 2.58. The van der Waals surface area contributed by atoms with Gasteiger partial charge in [-0.1, -0.05) is 17.7 Å². The summed E-state index contributed by atoms with van der Waals surface area (Å²) in [5.74, 6) is 0. The zero-order chi connectivity index (χ0) is 17.6. The molecule has 25 heavy (non-hydrogen) atoms. The molecule has 0 aliphatic heterocycles. The Hall–Kier alpha value is -3.28. The Labute approximate surface area is 143 Å². The Morgan fingerprint density at radius 3 is 2.72 bits per heavy atom. The van der Waals surface area contributed by atoms with E-state index in [1.807, 2.05) is 44.2 Å². The number of hydrogen-bond acceptors (Lipinski definition) is 4. The minimum absolute atomic E-state index is 0.139. The lowest BCUT2D eigenvalue weighted by molar-refractivity contribution is 0.726. The second-order valence-corrected chi connectivity index (χ2v) is 6.14. The molecule has 1 aromatic carbocycles. The molecule has 0 radical (unpaired) electrons. The van der Waals surface area contributed by atoms with E-state index in [-0.39, 0.29) is 17.7 Å². The predicted molar refractivity (Wildman–Crippen MR) is 96.0 cm³/mol. The molecule has 0 saturated heterocycles. The number of aromatic nitrogens is 4. The molecule has 0 spiro atoms. The van der Waals surface area contributed by atoms with Crippen LogP contribution in [0, 0.1) is 13.8 Å². The molecule has 4 rings (SSSR count). The van der Waals surface area contributed by atoms with Crippen LogP contribution in [-0.4, -0.2) is 18.9 Å². The van der Waals surface area contributed by atoms with Crippen molar-refractivity contribution < 1.29 is 0 Å². The van der Waals surface area contributed by atoms with Crippen LogP contribution in [0.3, 0.4) is 0 Å². The van der Waals surface area contributed by atoms with Gasteiger partial charge in [-0.05, 0) is 38.1 Å². The number of benzene rings is 1. The minimum atomic E-state index is -0.157. The van der Waals surface area contributed by atoms with E-state index in [2.05, 4.69) is 9.97 Å². The van der Waals surface area contributed by atoms with Gasteiger partial charge in [-0.15, -0.1) is 0 Å². The molecule has 3 heterocycles. The van der Waals surface area contributed by atoms with E-state index in [4.69, 9.17) is 0 Å². The molecule has 0 saturated carbocycles. The molecule has 0 aliphatic carbocycles. The van der Waals surface area contributed by atoms with E-state index < -0.39 is 0 Å². The number of aryl methyl sites for hydroxylation is 2. The Balaban J connectivity index is 1.84. The maximum Gasteiger partial charge on any atom is 0.261 e. The summed E-state index contributed by atoms with van der Waals surface area (Å²) in [6.45, 7) is 4.00. The smallest absolute Gasteiger partial charge is 0.261 e. The third-order valence-corrected chi connectivity index (χ3v) is 4.25. The Morgan fingerprint density at radius 1 is 1.04 bits per heavy atom. The molecule has 0 N–H and O–H groups in total. The van der Waals surface area contributed by atoms with Gasteiger partial charge >= 0.3 is 0 Å². The number of rotatable bonds is 2. The quantitative estimate of drug-likeness (QED) is 0.563. The van der Waals surface area contributed by atoms with Gasteiger partial charge in [0.05, 0.1) is 29.5 Å². The first kappa shape index (κ1) is 15.3. The zero-order valence-electron chi connectivity index (χ0n) is 13.9. The Bertz CT molecular complexity index is 1240. The summed E-state index contributed by atoms with van der Waals surface area (Å²) < 4.78 is 3.03. The van der Waals surface area contributed by atoms with Gasteiger partial charge < -0.3 is 0 Å². The van der Waals surface area contributed by atoms with Crippen LogP contribution in [0.5, 0.6) is 0 Å². The normalized spacial score (nSPS) is 11.3. The zero-order valence-corrected chi connectivity index (χ0v) is 13.9. The summed E-state index contributed by atoms with van der Waals surface area (Å²) in [5, 5.41) is 0.566. The second-order valence-electron chi connectivity index (χ2n) is 6.14. The van der Waals surface area contributed by atoms with Gasteiger partial charge in [-0.3, -0.25) is 18.6 Å². The monoisotopic (exact) mass is 332 g/mol. The molecule has 0 amide bonds. The fourth-order valence-electron chi connectivity index (χ4n) is 3.00. The van der Waals surface area contributed by atoms with Crippen molar-refractivity contribution in [3.05, 3.63) is 86.5 Å². The maximum absolute atomic E-state index is 12.7. The third-order valence-electron chi connectivity index (χ3n) is 4.25. The summed E-state index contributed by atoms with van der Waals surface area (Å²) in [6, 6.07) is 12.5. The first-order valence-electron chi connectivity index (χ1n) is 7.97. The predicted octanol–water partition coefficient (Wildman–Crippen LogP) is 2.07. The summed E-state index contributed by atoms with van der Waals surface area (Å²) in [4.78, 5) is 33.9. The van der Waals surface area contributed by atoms with Crippen LogP contribution < -0.4 is 11.1 Å². The summed E-state index contributed by atoms with van der Waals surface area (Å²) in [5.41, 5.74) is 3.29. The number of nitrogens with zero attached hydrogens (tertiary/aromatic N) is 4. The van der Waals surface area contributed by atoms with Gasteiger partial charge in [0.25, 0.3) is 11.1 Å². The van der Waals surface area contributed by atoms with Crippen molar-refractivity contribution >= 4 is 16.6 Å². The lowest BCUT2D eigenvalue weighted by Crippen LogP contribution is -2.24. The summed E-state index contributed by atoms with van der Waals surface area (Å²) >= 11 is 0. The van der Waals surface area contributed by atoms with Crippen LogP contribution in [-0.2, 0) is 6.54 Å². The van der Waals surface area contributed by atoms with Crippen LogP contribution in [0.1, 0.15) is 17.0 Å². The highest BCUT2D eigenvalue weighted by atomic mass is 16.1. The molecule has 6 heteroatoms. The number of fused-ring (bicyclic) bond motifs is 2. The van der Waals surface area contributed by atoms with Gasteiger partial charge in [0.1, 0.15) is 5.65 Å².